The topological polar surface area (TPSA) is 63.1 Å². The summed E-state index contributed by atoms with van der Waals surface area (Å²) in [6, 6.07) is 18.3. The largest absolute Gasteiger partial charge is 0.508 e. The average molecular weight is 427 g/mol. The Balaban J connectivity index is 1.74. The summed E-state index contributed by atoms with van der Waals surface area (Å²) in [5, 5.41) is 19.3. The van der Waals surface area contributed by atoms with Crippen molar-refractivity contribution in [1.82, 2.24) is 14.8 Å². The molecule has 3 heterocycles. The van der Waals surface area contributed by atoms with Crippen LogP contribution in [0.3, 0.4) is 0 Å². The Morgan fingerprint density at radius 1 is 1.00 bits per heavy atom. The highest BCUT2D eigenvalue weighted by atomic mass is 19.1. The molecule has 32 heavy (non-hydrogen) atoms. The van der Waals surface area contributed by atoms with E-state index in [1.807, 2.05) is 30.5 Å². The van der Waals surface area contributed by atoms with Crippen LogP contribution in [0.2, 0.25) is 0 Å². The zero-order chi connectivity index (χ0) is 21.7. The molecular weight excluding hydrogens is 405 g/mol. The number of fused-ring (bicyclic) bond motifs is 2. The van der Waals surface area contributed by atoms with Crippen molar-refractivity contribution in [1.29, 1.82) is 0 Å². The number of nitrogens with zero attached hydrogens (tertiary/aromatic N) is 2. The van der Waals surface area contributed by atoms with Crippen LogP contribution in [-0.4, -0.2) is 33.1 Å². The van der Waals surface area contributed by atoms with Gasteiger partial charge in [0.25, 0.3) is 0 Å². The maximum Gasteiger partial charge on any atom is 0.123 e. The summed E-state index contributed by atoms with van der Waals surface area (Å²) in [7, 11) is 0. The quantitative estimate of drug-likeness (QED) is 0.376. The van der Waals surface area contributed by atoms with Gasteiger partial charge >= 0.3 is 0 Å². The number of phenolic OH excluding ortho intramolecular Hbond substituents is 1. The third-order valence-corrected chi connectivity index (χ3v) is 6.41. The average Bonchev–Trinajstić information content (AvgIpc) is 3.41. The number of rotatable bonds is 3. The Morgan fingerprint density at radius 2 is 1.75 bits per heavy atom. The van der Waals surface area contributed by atoms with Crippen LogP contribution in [0.4, 0.5) is 4.39 Å². The van der Waals surface area contributed by atoms with Gasteiger partial charge in [0.2, 0.25) is 0 Å². The van der Waals surface area contributed by atoms with Gasteiger partial charge < -0.3 is 14.4 Å². The predicted octanol–water partition coefficient (Wildman–Crippen LogP) is 5.91. The molecule has 2 N–H and O–H groups in total. The summed E-state index contributed by atoms with van der Waals surface area (Å²) in [6.45, 7) is 1.44. The van der Waals surface area contributed by atoms with Crippen LogP contribution in [0.1, 0.15) is 24.5 Å². The van der Waals surface area contributed by atoms with Crippen LogP contribution in [-0.2, 0) is 4.74 Å². The first kappa shape index (κ1) is 19.1. The molecule has 0 aliphatic carbocycles. The lowest BCUT2D eigenvalue weighted by Gasteiger charge is -2.26. The maximum absolute atomic E-state index is 13.8. The third kappa shape index (κ3) is 3.07. The van der Waals surface area contributed by atoms with Crippen LogP contribution >= 0.6 is 0 Å². The lowest BCUT2D eigenvalue weighted by molar-refractivity contribution is 0.0844. The van der Waals surface area contributed by atoms with E-state index < -0.39 is 0 Å². The summed E-state index contributed by atoms with van der Waals surface area (Å²) in [6.07, 6.45) is 3.66. The van der Waals surface area contributed by atoms with E-state index in [0.29, 0.717) is 5.92 Å². The molecule has 0 amide bonds. The Bertz CT molecular complexity index is 1310. The maximum atomic E-state index is 13.8. The van der Waals surface area contributed by atoms with Gasteiger partial charge in [-0.15, -0.1) is 0 Å². The zero-order valence-electron chi connectivity index (χ0n) is 17.4. The molecule has 0 bridgehead atoms. The molecule has 1 saturated heterocycles. The van der Waals surface area contributed by atoms with Gasteiger partial charge in [-0.05, 0) is 66.9 Å². The van der Waals surface area contributed by atoms with Crippen molar-refractivity contribution in [2.24, 2.45) is 0 Å². The Morgan fingerprint density at radius 3 is 2.50 bits per heavy atom. The standard InChI is InChI=1S/C26H22FN3O2/c27-19-3-5-20(6-4-19)30-24-13-18-15-28-29-23(18)14-22(24)25(16-1-7-21(31)8-2-16)26(30)17-9-11-32-12-10-17/h1-8,13-15,17,31H,9-12H2,(H,28,29). The molecule has 5 nitrogen and oxygen atoms in total. The first-order valence-corrected chi connectivity index (χ1v) is 10.8. The molecule has 0 saturated carbocycles. The molecule has 1 aliphatic heterocycles. The van der Waals surface area contributed by atoms with E-state index in [-0.39, 0.29) is 11.6 Å². The monoisotopic (exact) mass is 427 g/mol. The van der Waals surface area contributed by atoms with Crippen molar-refractivity contribution in [3.63, 3.8) is 0 Å². The van der Waals surface area contributed by atoms with Gasteiger partial charge in [-0.1, -0.05) is 12.1 Å². The van der Waals surface area contributed by atoms with Crippen LogP contribution in [0.15, 0.2) is 66.9 Å². The first-order chi connectivity index (χ1) is 15.7. The van der Waals surface area contributed by atoms with Crippen LogP contribution in [0.25, 0.3) is 38.6 Å². The number of hydrogen-bond donors (Lipinski definition) is 2. The van der Waals surface area contributed by atoms with Gasteiger partial charge in [0, 0.05) is 46.8 Å². The Kier molecular flexibility index (Phi) is 4.47. The molecule has 0 unspecified atom stereocenters. The fourth-order valence-corrected chi connectivity index (χ4v) is 4.90. The minimum absolute atomic E-state index is 0.236. The summed E-state index contributed by atoms with van der Waals surface area (Å²) >= 11 is 0. The second kappa shape index (κ2) is 7.50. The smallest absolute Gasteiger partial charge is 0.123 e. The van der Waals surface area contributed by atoms with Gasteiger partial charge in [0.05, 0.1) is 17.2 Å². The molecule has 6 heteroatoms. The molecule has 0 atom stereocenters. The fraction of sp³-hybridized carbons (Fsp3) is 0.192. The number of H-pyrrole nitrogens is 1. The highest BCUT2D eigenvalue weighted by Gasteiger charge is 2.28. The van der Waals surface area contributed by atoms with Crippen molar-refractivity contribution in [3.8, 4) is 22.6 Å². The van der Waals surface area contributed by atoms with Gasteiger partial charge in [0.15, 0.2) is 0 Å². The Hall–Kier alpha value is -3.64. The summed E-state index contributed by atoms with van der Waals surface area (Å²) in [5.74, 6) is 0.273. The van der Waals surface area contributed by atoms with Crippen molar-refractivity contribution < 1.29 is 14.2 Å². The van der Waals surface area contributed by atoms with E-state index in [0.717, 1.165) is 64.7 Å². The molecule has 1 aliphatic rings. The highest BCUT2D eigenvalue weighted by Crippen LogP contribution is 2.44. The lowest BCUT2D eigenvalue weighted by Crippen LogP contribution is -2.17. The number of halogens is 1. The van der Waals surface area contributed by atoms with E-state index in [9.17, 15) is 9.50 Å². The molecule has 160 valence electrons. The number of aromatic hydroxyl groups is 1. The Labute approximate surface area is 184 Å². The second-order valence-electron chi connectivity index (χ2n) is 8.33. The molecule has 6 rings (SSSR count). The van der Waals surface area contributed by atoms with Gasteiger partial charge in [-0.25, -0.2) is 4.39 Å². The van der Waals surface area contributed by atoms with Gasteiger partial charge in [0.1, 0.15) is 11.6 Å². The summed E-state index contributed by atoms with van der Waals surface area (Å²) < 4.78 is 21.7. The summed E-state index contributed by atoms with van der Waals surface area (Å²) in [4.78, 5) is 0. The third-order valence-electron chi connectivity index (χ3n) is 6.41. The van der Waals surface area contributed by atoms with E-state index in [1.54, 1.807) is 12.1 Å². The van der Waals surface area contributed by atoms with Crippen molar-refractivity contribution in [2.45, 2.75) is 18.8 Å². The second-order valence-corrected chi connectivity index (χ2v) is 8.33. The molecule has 0 spiro atoms. The number of benzene rings is 3. The van der Waals surface area contributed by atoms with E-state index >= 15 is 0 Å². The molecule has 0 radical (unpaired) electrons. The first-order valence-electron chi connectivity index (χ1n) is 10.8. The van der Waals surface area contributed by atoms with E-state index in [1.165, 1.54) is 17.8 Å². The van der Waals surface area contributed by atoms with Crippen molar-refractivity contribution in [3.05, 3.63) is 78.4 Å². The summed E-state index contributed by atoms with van der Waals surface area (Å²) in [5.41, 5.74) is 6.30. The molecule has 2 aromatic heterocycles. The van der Waals surface area contributed by atoms with Gasteiger partial charge in [-0.3, -0.25) is 5.10 Å². The van der Waals surface area contributed by atoms with Crippen LogP contribution in [0.5, 0.6) is 5.75 Å². The number of nitrogens with one attached hydrogen (secondary N) is 1. The van der Waals surface area contributed by atoms with Crippen molar-refractivity contribution in [2.75, 3.05) is 13.2 Å². The van der Waals surface area contributed by atoms with Crippen molar-refractivity contribution >= 4 is 21.8 Å². The number of ether oxygens (including phenoxy) is 1. The zero-order valence-corrected chi connectivity index (χ0v) is 17.4. The predicted molar refractivity (Wildman–Crippen MR) is 123 cm³/mol. The van der Waals surface area contributed by atoms with Crippen LogP contribution < -0.4 is 0 Å². The SMILES string of the molecule is Oc1ccc(-c2c(C3CCOCC3)n(-c3ccc(F)cc3)c3cc4cn[nH]c4cc23)cc1. The van der Waals surface area contributed by atoms with Gasteiger partial charge in [-0.2, -0.15) is 5.10 Å². The molecule has 5 aromatic rings. The van der Waals surface area contributed by atoms with Crippen LogP contribution in [0, 0.1) is 5.82 Å². The number of aromatic nitrogens is 3. The van der Waals surface area contributed by atoms with E-state index in [2.05, 4.69) is 26.9 Å². The molecule has 3 aromatic carbocycles. The number of hydrogen-bond acceptors (Lipinski definition) is 3. The highest BCUT2D eigenvalue weighted by molar-refractivity contribution is 6.05. The minimum Gasteiger partial charge on any atom is -0.508 e. The van der Waals surface area contributed by atoms with E-state index in [4.69, 9.17) is 4.74 Å². The molecule has 1 fully saturated rings. The fourth-order valence-electron chi connectivity index (χ4n) is 4.90. The number of phenols is 1. The normalized spacial score (nSPS) is 15.0. The lowest BCUT2D eigenvalue weighted by atomic mass is 9.90. The number of aromatic amines is 1. The molecular formula is C26H22FN3O2. The minimum atomic E-state index is -0.256.